The topological polar surface area (TPSA) is 60.7 Å². The van der Waals surface area contributed by atoms with Crippen LogP contribution in [0.2, 0.25) is 5.02 Å². The maximum Gasteiger partial charge on any atom is 0.258 e. The average molecular weight is 329 g/mol. The van der Waals surface area contributed by atoms with Gasteiger partial charge in [-0.05, 0) is 37.3 Å². The van der Waals surface area contributed by atoms with Crippen LogP contribution in [0.25, 0.3) is 5.65 Å². The van der Waals surface area contributed by atoms with E-state index in [2.05, 4.69) is 4.98 Å². The molecule has 0 spiro atoms. The lowest BCUT2D eigenvalue weighted by atomic mass is 10.1. The standard InChI is InChI=1S/C17H13ClN2O3/c1-11(21)12-5-6-15(14(18)8-12)23-10-13-9-17(22)20-7-3-2-4-16(20)19-13/h2-9H,10H2,1H3. The van der Waals surface area contributed by atoms with Gasteiger partial charge < -0.3 is 4.74 Å². The van der Waals surface area contributed by atoms with Gasteiger partial charge in [-0.2, -0.15) is 0 Å². The number of hydrogen-bond donors (Lipinski definition) is 0. The smallest absolute Gasteiger partial charge is 0.258 e. The van der Waals surface area contributed by atoms with Gasteiger partial charge in [-0.25, -0.2) is 4.98 Å². The summed E-state index contributed by atoms with van der Waals surface area (Å²) in [6.07, 6.45) is 1.66. The van der Waals surface area contributed by atoms with Crippen LogP contribution in [0.3, 0.4) is 0 Å². The fraction of sp³-hybridized carbons (Fsp3) is 0.118. The summed E-state index contributed by atoms with van der Waals surface area (Å²) in [5, 5.41) is 0.343. The lowest BCUT2D eigenvalue weighted by Crippen LogP contribution is -2.16. The van der Waals surface area contributed by atoms with E-state index < -0.39 is 0 Å². The quantitative estimate of drug-likeness (QED) is 0.690. The Morgan fingerprint density at radius 2 is 2.09 bits per heavy atom. The Hall–Kier alpha value is -2.66. The van der Waals surface area contributed by atoms with Crippen LogP contribution in [0.5, 0.6) is 5.75 Å². The molecular weight excluding hydrogens is 316 g/mol. The molecule has 0 aliphatic rings. The number of aromatic nitrogens is 2. The van der Waals surface area contributed by atoms with Crippen molar-refractivity contribution in [2.75, 3.05) is 0 Å². The molecule has 0 radical (unpaired) electrons. The third-order valence-electron chi connectivity index (χ3n) is 3.34. The van der Waals surface area contributed by atoms with Crippen molar-refractivity contribution in [3.8, 4) is 5.75 Å². The molecule has 0 saturated heterocycles. The number of Topliss-reactive ketones (excluding diaryl/α,β-unsaturated/α-hetero) is 1. The second-order valence-corrected chi connectivity index (χ2v) is 5.41. The molecule has 0 unspecified atom stereocenters. The lowest BCUT2D eigenvalue weighted by Gasteiger charge is -2.09. The second kappa shape index (κ2) is 6.22. The summed E-state index contributed by atoms with van der Waals surface area (Å²) in [6.45, 7) is 1.58. The van der Waals surface area contributed by atoms with Gasteiger partial charge in [0.1, 0.15) is 18.0 Å². The van der Waals surface area contributed by atoms with Crippen LogP contribution < -0.4 is 10.3 Å². The van der Waals surface area contributed by atoms with E-state index in [0.717, 1.165) is 0 Å². The first-order chi connectivity index (χ1) is 11.0. The largest absolute Gasteiger partial charge is 0.486 e. The summed E-state index contributed by atoms with van der Waals surface area (Å²) in [4.78, 5) is 27.7. The first-order valence-electron chi connectivity index (χ1n) is 6.95. The number of rotatable bonds is 4. The van der Waals surface area contributed by atoms with Gasteiger partial charge >= 0.3 is 0 Å². The highest BCUT2D eigenvalue weighted by Gasteiger charge is 2.08. The van der Waals surface area contributed by atoms with Crippen molar-refractivity contribution in [2.45, 2.75) is 13.5 Å². The van der Waals surface area contributed by atoms with Crippen LogP contribution >= 0.6 is 11.6 Å². The van der Waals surface area contributed by atoms with E-state index in [1.807, 2.05) is 6.07 Å². The number of hydrogen-bond acceptors (Lipinski definition) is 4. The first kappa shape index (κ1) is 15.2. The van der Waals surface area contributed by atoms with E-state index >= 15 is 0 Å². The monoisotopic (exact) mass is 328 g/mol. The SMILES string of the molecule is CC(=O)c1ccc(OCc2cc(=O)n3ccccc3n2)c(Cl)c1. The molecule has 2 heterocycles. The number of pyridine rings is 1. The Labute approximate surface area is 137 Å². The summed E-state index contributed by atoms with van der Waals surface area (Å²) >= 11 is 6.10. The van der Waals surface area contributed by atoms with Crippen LogP contribution in [0.4, 0.5) is 0 Å². The summed E-state index contributed by atoms with van der Waals surface area (Å²) in [5.74, 6) is 0.370. The van der Waals surface area contributed by atoms with Crippen molar-refractivity contribution in [1.82, 2.24) is 9.38 Å². The number of halogens is 1. The first-order valence-corrected chi connectivity index (χ1v) is 7.33. The normalized spacial score (nSPS) is 10.7. The van der Waals surface area contributed by atoms with E-state index in [1.165, 1.54) is 17.4 Å². The zero-order valence-electron chi connectivity index (χ0n) is 12.3. The van der Waals surface area contributed by atoms with E-state index in [4.69, 9.17) is 16.3 Å². The summed E-state index contributed by atoms with van der Waals surface area (Å²) in [7, 11) is 0. The molecule has 0 bridgehead atoms. The lowest BCUT2D eigenvalue weighted by molar-refractivity contribution is 0.101. The zero-order valence-corrected chi connectivity index (χ0v) is 13.1. The highest BCUT2D eigenvalue weighted by atomic mass is 35.5. The fourth-order valence-corrected chi connectivity index (χ4v) is 2.40. The second-order valence-electron chi connectivity index (χ2n) is 5.00. The molecule has 2 aromatic heterocycles. The summed E-state index contributed by atoms with van der Waals surface area (Å²) < 4.78 is 7.06. The molecule has 1 aromatic carbocycles. The highest BCUT2D eigenvalue weighted by molar-refractivity contribution is 6.32. The Bertz CT molecular complexity index is 950. The van der Waals surface area contributed by atoms with Crippen LogP contribution in [-0.2, 0) is 6.61 Å². The van der Waals surface area contributed by atoms with Gasteiger partial charge in [0.25, 0.3) is 5.56 Å². The molecule has 23 heavy (non-hydrogen) atoms. The predicted octanol–water partition coefficient (Wildman–Crippen LogP) is 3.13. The Morgan fingerprint density at radius 1 is 1.26 bits per heavy atom. The Balaban J connectivity index is 1.83. The van der Waals surface area contributed by atoms with Crippen molar-refractivity contribution in [1.29, 1.82) is 0 Å². The number of nitrogens with zero attached hydrogens (tertiary/aromatic N) is 2. The molecule has 0 fully saturated rings. The number of carbonyl (C=O) groups is 1. The fourth-order valence-electron chi connectivity index (χ4n) is 2.17. The van der Waals surface area contributed by atoms with Crippen molar-refractivity contribution in [3.63, 3.8) is 0 Å². The molecule has 3 aromatic rings. The maximum absolute atomic E-state index is 12.0. The van der Waals surface area contributed by atoms with E-state index in [1.54, 1.807) is 36.5 Å². The van der Waals surface area contributed by atoms with Crippen molar-refractivity contribution in [3.05, 3.63) is 75.3 Å². The van der Waals surface area contributed by atoms with E-state index in [0.29, 0.717) is 27.7 Å². The molecule has 0 atom stereocenters. The van der Waals surface area contributed by atoms with Crippen LogP contribution in [0, 0.1) is 0 Å². The minimum atomic E-state index is -0.174. The molecule has 0 aliphatic carbocycles. The molecule has 0 amide bonds. The van der Waals surface area contributed by atoms with Crippen molar-refractivity contribution in [2.24, 2.45) is 0 Å². The Morgan fingerprint density at radius 3 is 2.83 bits per heavy atom. The number of ketones is 1. The van der Waals surface area contributed by atoms with Gasteiger partial charge in [0, 0.05) is 17.8 Å². The van der Waals surface area contributed by atoms with Gasteiger partial charge in [0.15, 0.2) is 5.78 Å². The average Bonchev–Trinajstić information content (AvgIpc) is 2.53. The summed E-state index contributed by atoms with van der Waals surface area (Å²) in [6, 6.07) is 11.6. The minimum Gasteiger partial charge on any atom is -0.486 e. The molecule has 3 rings (SSSR count). The predicted molar refractivity (Wildman–Crippen MR) is 87.3 cm³/mol. The molecule has 0 N–H and O–H groups in total. The van der Waals surface area contributed by atoms with Crippen molar-refractivity contribution >= 4 is 23.0 Å². The van der Waals surface area contributed by atoms with Crippen LogP contribution in [0.1, 0.15) is 23.0 Å². The third-order valence-corrected chi connectivity index (χ3v) is 3.63. The number of ether oxygens (including phenoxy) is 1. The summed E-state index contributed by atoms with van der Waals surface area (Å²) in [5.41, 5.74) is 1.40. The van der Waals surface area contributed by atoms with Gasteiger partial charge in [0.05, 0.1) is 10.7 Å². The van der Waals surface area contributed by atoms with Gasteiger partial charge in [-0.1, -0.05) is 17.7 Å². The van der Waals surface area contributed by atoms with Crippen LogP contribution in [0.15, 0.2) is 53.5 Å². The van der Waals surface area contributed by atoms with Crippen LogP contribution in [-0.4, -0.2) is 15.2 Å². The minimum absolute atomic E-state index is 0.0670. The zero-order chi connectivity index (χ0) is 16.4. The molecule has 5 nitrogen and oxygen atoms in total. The maximum atomic E-state index is 12.0. The molecule has 116 valence electrons. The number of benzene rings is 1. The molecule has 0 aliphatic heterocycles. The number of carbonyl (C=O) groups excluding carboxylic acids is 1. The third kappa shape index (κ3) is 3.24. The molecule has 6 heteroatoms. The van der Waals surface area contributed by atoms with E-state index in [-0.39, 0.29) is 17.9 Å². The highest BCUT2D eigenvalue weighted by Crippen LogP contribution is 2.26. The Kier molecular flexibility index (Phi) is 4.12. The number of fused-ring (bicyclic) bond motifs is 1. The van der Waals surface area contributed by atoms with Gasteiger partial charge in [0.2, 0.25) is 0 Å². The van der Waals surface area contributed by atoms with Gasteiger partial charge in [-0.3, -0.25) is 14.0 Å². The van der Waals surface area contributed by atoms with E-state index in [9.17, 15) is 9.59 Å². The molecular formula is C17H13ClN2O3. The van der Waals surface area contributed by atoms with Gasteiger partial charge in [-0.15, -0.1) is 0 Å². The molecule has 0 saturated carbocycles. The van der Waals surface area contributed by atoms with Crippen molar-refractivity contribution < 1.29 is 9.53 Å².